The van der Waals surface area contributed by atoms with Crippen molar-refractivity contribution in [3.63, 3.8) is 0 Å². The maximum Gasteiger partial charge on any atom is 0.424 e. The molecule has 1 saturated heterocycles. The highest BCUT2D eigenvalue weighted by Gasteiger charge is 2.39. The number of hydrogen-bond donors (Lipinski definition) is 0. The molecule has 1 heterocycles. The molecule has 9 heteroatoms. The zero-order valence-corrected chi connectivity index (χ0v) is 11.4. The quantitative estimate of drug-likeness (QED) is 0.479. The van der Waals surface area contributed by atoms with Crippen molar-refractivity contribution < 1.29 is 17.9 Å². The van der Waals surface area contributed by atoms with E-state index in [0.29, 0.717) is 4.31 Å². The van der Waals surface area contributed by atoms with Crippen molar-refractivity contribution in [3.8, 4) is 0 Å². The standard InChI is InChI=1S/C11H12N4O4S/c1-8-2-4-10(5-3-8)20(17,18)15-7-9(6-13-14-12)19-11(15)16/h2-5,9H,6-7H2,1H3. The summed E-state index contributed by atoms with van der Waals surface area (Å²) in [6, 6.07) is 6.15. The Morgan fingerprint density at radius 1 is 1.45 bits per heavy atom. The van der Waals surface area contributed by atoms with E-state index in [9.17, 15) is 13.2 Å². The summed E-state index contributed by atoms with van der Waals surface area (Å²) in [5, 5.41) is 3.27. The second-order valence-corrected chi connectivity index (χ2v) is 6.13. The molecule has 1 aliphatic rings. The molecule has 1 aromatic rings. The first-order chi connectivity index (χ1) is 9.45. The fourth-order valence-electron chi connectivity index (χ4n) is 1.75. The molecule has 1 amide bonds. The number of cyclic esters (lactones) is 1. The maximum atomic E-state index is 12.3. The Morgan fingerprint density at radius 2 is 2.10 bits per heavy atom. The van der Waals surface area contributed by atoms with Crippen molar-refractivity contribution in [1.29, 1.82) is 0 Å². The average molecular weight is 296 g/mol. The Balaban J connectivity index is 2.24. The molecule has 0 N–H and O–H groups in total. The number of benzene rings is 1. The molecule has 1 unspecified atom stereocenters. The smallest absolute Gasteiger partial charge is 0.424 e. The largest absolute Gasteiger partial charge is 0.443 e. The highest BCUT2D eigenvalue weighted by Crippen LogP contribution is 2.22. The summed E-state index contributed by atoms with van der Waals surface area (Å²) in [6.45, 7) is 1.58. The number of azide groups is 1. The van der Waals surface area contributed by atoms with Gasteiger partial charge in [-0.2, -0.15) is 4.31 Å². The summed E-state index contributed by atoms with van der Waals surface area (Å²) in [5.74, 6) is 0. The Morgan fingerprint density at radius 3 is 2.70 bits per heavy atom. The van der Waals surface area contributed by atoms with Gasteiger partial charge in [0.1, 0.15) is 6.10 Å². The summed E-state index contributed by atoms with van der Waals surface area (Å²) in [4.78, 5) is 14.2. The number of aryl methyl sites for hydroxylation is 1. The van der Waals surface area contributed by atoms with Gasteiger partial charge in [0, 0.05) is 4.91 Å². The van der Waals surface area contributed by atoms with Crippen LogP contribution in [-0.2, 0) is 14.8 Å². The number of rotatable bonds is 4. The highest BCUT2D eigenvalue weighted by atomic mass is 32.2. The van der Waals surface area contributed by atoms with Crippen LogP contribution in [0.5, 0.6) is 0 Å². The monoisotopic (exact) mass is 296 g/mol. The molecule has 0 radical (unpaired) electrons. The summed E-state index contributed by atoms with van der Waals surface area (Å²) < 4.78 is 30.1. The number of nitrogens with zero attached hydrogens (tertiary/aromatic N) is 4. The summed E-state index contributed by atoms with van der Waals surface area (Å²) in [7, 11) is -3.94. The molecule has 0 bridgehead atoms. The molecule has 0 aliphatic carbocycles. The molecule has 0 saturated carbocycles. The van der Waals surface area contributed by atoms with Gasteiger partial charge in [0.15, 0.2) is 0 Å². The molecule has 1 aromatic carbocycles. The minimum atomic E-state index is -3.94. The van der Waals surface area contributed by atoms with Gasteiger partial charge in [-0.3, -0.25) is 0 Å². The summed E-state index contributed by atoms with van der Waals surface area (Å²) >= 11 is 0. The van der Waals surface area contributed by atoms with Gasteiger partial charge in [-0.15, -0.1) is 0 Å². The fraction of sp³-hybridized carbons (Fsp3) is 0.364. The van der Waals surface area contributed by atoms with Gasteiger partial charge in [-0.25, -0.2) is 13.2 Å². The van der Waals surface area contributed by atoms with Crippen molar-refractivity contribution in [1.82, 2.24) is 4.31 Å². The third-order valence-electron chi connectivity index (χ3n) is 2.80. The predicted molar refractivity (Wildman–Crippen MR) is 69.4 cm³/mol. The topological polar surface area (TPSA) is 112 Å². The van der Waals surface area contributed by atoms with Crippen LogP contribution >= 0.6 is 0 Å². The molecular formula is C11H12N4O4S. The number of hydrogen-bond acceptors (Lipinski definition) is 5. The van der Waals surface area contributed by atoms with E-state index in [1.165, 1.54) is 12.1 Å². The second kappa shape index (κ2) is 5.40. The van der Waals surface area contributed by atoms with Crippen molar-refractivity contribution in [2.45, 2.75) is 17.9 Å². The van der Waals surface area contributed by atoms with Crippen LogP contribution in [0.4, 0.5) is 4.79 Å². The lowest BCUT2D eigenvalue weighted by Gasteiger charge is -2.13. The predicted octanol–water partition coefficient (Wildman–Crippen LogP) is 1.81. The van der Waals surface area contributed by atoms with Crippen LogP contribution in [0.3, 0.4) is 0 Å². The van der Waals surface area contributed by atoms with E-state index in [1.807, 2.05) is 6.92 Å². The van der Waals surface area contributed by atoms with Crippen molar-refractivity contribution in [3.05, 3.63) is 40.3 Å². The molecule has 0 spiro atoms. The number of ether oxygens (including phenoxy) is 1. The van der Waals surface area contributed by atoms with E-state index in [1.54, 1.807) is 12.1 Å². The van der Waals surface area contributed by atoms with Crippen LogP contribution in [-0.4, -0.2) is 38.0 Å². The summed E-state index contributed by atoms with van der Waals surface area (Å²) in [5.41, 5.74) is 9.12. The minimum absolute atomic E-state index is 0.0180. The van der Waals surface area contributed by atoms with Gasteiger partial charge in [0.2, 0.25) is 0 Å². The van der Waals surface area contributed by atoms with Crippen LogP contribution in [0.2, 0.25) is 0 Å². The lowest BCUT2D eigenvalue weighted by molar-refractivity contribution is 0.140. The normalized spacial score (nSPS) is 18.6. The lowest BCUT2D eigenvalue weighted by Crippen LogP contribution is -2.32. The molecular weight excluding hydrogens is 284 g/mol. The molecule has 1 aliphatic heterocycles. The van der Waals surface area contributed by atoms with Gasteiger partial charge >= 0.3 is 6.09 Å². The maximum absolute atomic E-state index is 12.3. The molecule has 106 valence electrons. The minimum Gasteiger partial charge on any atom is -0.443 e. The van der Waals surface area contributed by atoms with E-state index < -0.39 is 22.2 Å². The van der Waals surface area contributed by atoms with Crippen LogP contribution in [0.25, 0.3) is 10.4 Å². The highest BCUT2D eigenvalue weighted by molar-refractivity contribution is 7.89. The summed E-state index contributed by atoms with van der Waals surface area (Å²) in [6.07, 6.45) is -1.71. The van der Waals surface area contributed by atoms with Gasteiger partial charge in [-0.1, -0.05) is 22.8 Å². The lowest BCUT2D eigenvalue weighted by atomic mass is 10.2. The molecule has 20 heavy (non-hydrogen) atoms. The van der Waals surface area contributed by atoms with E-state index >= 15 is 0 Å². The number of sulfonamides is 1. The van der Waals surface area contributed by atoms with E-state index in [-0.39, 0.29) is 18.0 Å². The SMILES string of the molecule is Cc1ccc(S(=O)(=O)N2CC(CN=[N+]=[N-])OC2=O)cc1. The first-order valence-corrected chi connectivity index (χ1v) is 7.20. The van der Waals surface area contributed by atoms with Crippen LogP contribution < -0.4 is 0 Å². The van der Waals surface area contributed by atoms with Gasteiger partial charge in [0.25, 0.3) is 10.0 Å². The number of carbonyl (C=O) groups is 1. The van der Waals surface area contributed by atoms with E-state index in [4.69, 9.17) is 10.3 Å². The Bertz CT molecular complexity index is 664. The zero-order valence-electron chi connectivity index (χ0n) is 10.6. The van der Waals surface area contributed by atoms with Crippen molar-refractivity contribution in [2.24, 2.45) is 5.11 Å². The second-order valence-electron chi connectivity index (χ2n) is 4.27. The van der Waals surface area contributed by atoms with Crippen LogP contribution in [0, 0.1) is 6.92 Å². The fourth-order valence-corrected chi connectivity index (χ4v) is 3.09. The zero-order chi connectivity index (χ0) is 14.8. The van der Waals surface area contributed by atoms with Crippen molar-refractivity contribution in [2.75, 3.05) is 13.1 Å². The van der Waals surface area contributed by atoms with Crippen LogP contribution in [0.1, 0.15) is 5.56 Å². The Labute approximate surface area is 115 Å². The number of amides is 1. The van der Waals surface area contributed by atoms with Gasteiger partial charge in [-0.05, 0) is 24.6 Å². The van der Waals surface area contributed by atoms with Gasteiger partial charge < -0.3 is 4.74 Å². The Kier molecular flexibility index (Phi) is 3.82. The third-order valence-corrected chi connectivity index (χ3v) is 4.54. The molecule has 0 aromatic heterocycles. The molecule has 2 rings (SSSR count). The van der Waals surface area contributed by atoms with Crippen LogP contribution in [0.15, 0.2) is 34.3 Å². The Hall–Kier alpha value is -2.25. The third kappa shape index (κ3) is 2.68. The van der Waals surface area contributed by atoms with E-state index in [2.05, 4.69) is 10.0 Å². The molecule has 1 atom stereocenters. The number of carbonyl (C=O) groups excluding carboxylic acids is 1. The molecule has 8 nitrogen and oxygen atoms in total. The average Bonchev–Trinajstić information content (AvgIpc) is 2.79. The first-order valence-electron chi connectivity index (χ1n) is 5.76. The van der Waals surface area contributed by atoms with E-state index in [0.717, 1.165) is 5.56 Å². The first kappa shape index (κ1) is 14.2. The molecule has 1 fully saturated rings. The van der Waals surface area contributed by atoms with Crippen molar-refractivity contribution >= 4 is 16.1 Å². The van der Waals surface area contributed by atoms with Gasteiger partial charge in [0.05, 0.1) is 18.0 Å².